The normalized spacial score (nSPS) is 10.2. The highest BCUT2D eigenvalue weighted by molar-refractivity contribution is 5.94. The number of aryl methyl sites for hydroxylation is 1. The number of hydrogen-bond acceptors (Lipinski definition) is 2. The fraction of sp³-hybridized carbons (Fsp3) is 0.154. The number of carbonyl (C=O) groups is 1. The number of nitrogen functional groups attached to an aromatic ring is 1. The summed E-state index contributed by atoms with van der Waals surface area (Å²) in [5.41, 5.74) is 7.90. The van der Waals surface area contributed by atoms with Crippen LogP contribution in [0.15, 0.2) is 42.6 Å². The molecule has 1 amide bonds. The van der Waals surface area contributed by atoms with E-state index >= 15 is 0 Å². The van der Waals surface area contributed by atoms with Crippen LogP contribution in [-0.2, 0) is 13.6 Å². The molecular formula is C13H15N3O. The molecule has 0 unspecified atom stereocenters. The summed E-state index contributed by atoms with van der Waals surface area (Å²) < 4.78 is 1.98. The van der Waals surface area contributed by atoms with Crippen molar-refractivity contribution in [2.75, 3.05) is 5.73 Å². The van der Waals surface area contributed by atoms with Gasteiger partial charge in [0, 0.05) is 30.2 Å². The van der Waals surface area contributed by atoms with Crippen molar-refractivity contribution in [1.82, 2.24) is 9.88 Å². The van der Waals surface area contributed by atoms with Gasteiger partial charge in [0.25, 0.3) is 5.91 Å². The minimum atomic E-state index is -0.0915. The number of carbonyl (C=O) groups excluding carboxylic acids is 1. The van der Waals surface area contributed by atoms with Crippen LogP contribution in [0.4, 0.5) is 5.69 Å². The molecule has 3 N–H and O–H groups in total. The molecule has 4 heteroatoms. The number of benzene rings is 1. The first-order valence-corrected chi connectivity index (χ1v) is 5.41. The van der Waals surface area contributed by atoms with Gasteiger partial charge >= 0.3 is 0 Å². The minimum absolute atomic E-state index is 0.0915. The first-order valence-electron chi connectivity index (χ1n) is 5.41. The van der Waals surface area contributed by atoms with Crippen LogP contribution in [0.5, 0.6) is 0 Å². The second-order valence-electron chi connectivity index (χ2n) is 3.92. The van der Waals surface area contributed by atoms with Crippen molar-refractivity contribution in [3.8, 4) is 0 Å². The zero-order valence-electron chi connectivity index (χ0n) is 9.68. The highest BCUT2D eigenvalue weighted by atomic mass is 16.1. The Hall–Kier alpha value is -2.23. The predicted octanol–water partition coefficient (Wildman–Crippen LogP) is 1.54. The Balaban J connectivity index is 1.98. The van der Waals surface area contributed by atoms with E-state index in [-0.39, 0.29) is 5.91 Å². The van der Waals surface area contributed by atoms with Gasteiger partial charge in [-0.05, 0) is 36.4 Å². The van der Waals surface area contributed by atoms with Gasteiger partial charge < -0.3 is 15.6 Å². The maximum absolute atomic E-state index is 11.8. The number of hydrogen-bond donors (Lipinski definition) is 2. The van der Waals surface area contributed by atoms with E-state index in [4.69, 9.17) is 5.73 Å². The lowest BCUT2D eigenvalue weighted by Crippen LogP contribution is -2.23. The van der Waals surface area contributed by atoms with Crippen molar-refractivity contribution in [2.24, 2.45) is 7.05 Å². The number of anilines is 1. The smallest absolute Gasteiger partial charge is 0.251 e. The van der Waals surface area contributed by atoms with Crippen LogP contribution < -0.4 is 11.1 Å². The summed E-state index contributed by atoms with van der Waals surface area (Å²) in [4.78, 5) is 11.8. The van der Waals surface area contributed by atoms with Gasteiger partial charge in [0.05, 0.1) is 6.54 Å². The van der Waals surface area contributed by atoms with E-state index in [1.165, 1.54) is 0 Å². The summed E-state index contributed by atoms with van der Waals surface area (Å²) in [5, 5.41) is 2.86. The fourth-order valence-electron chi connectivity index (χ4n) is 1.59. The van der Waals surface area contributed by atoms with E-state index in [2.05, 4.69) is 5.32 Å². The summed E-state index contributed by atoms with van der Waals surface area (Å²) >= 11 is 0. The molecule has 2 aromatic rings. The first kappa shape index (κ1) is 11.3. The second kappa shape index (κ2) is 4.74. The zero-order valence-corrected chi connectivity index (χ0v) is 9.68. The minimum Gasteiger partial charge on any atom is -0.399 e. The van der Waals surface area contributed by atoms with Crippen LogP contribution in [0.2, 0.25) is 0 Å². The third-order valence-electron chi connectivity index (χ3n) is 2.65. The Labute approximate surface area is 100 Å². The van der Waals surface area contributed by atoms with E-state index in [9.17, 15) is 4.79 Å². The number of rotatable bonds is 3. The van der Waals surface area contributed by atoms with Crippen LogP contribution in [0.25, 0.3) is 0 Å². The van der Waals surface area contributed by atoms with Crippen molar-refractivity contribution in [3.63, 3.8) is 0 Å². The fourth-order valence-corrected chi connectivity index (χ4v) is 1.59. The molecule has 0 saturated heterocycles. The molecule has 0 radical (unpaired) electrons. The maximum Gasteiger partial charge on any atom is 0.251 e. The molecule has 1 aromatic carbocycles. The Morgan fingerprint density at radius 2 is 2.00 bits per heavy atom. The molecule has 0 fully saturated rings. The molecule has 0 aliphatic heterocycles. The number of nitrogens with two attached hydrogens (primary N) is 1. The van der Waals surface area contributed by atoms with E-state index in [1.54, 1.807) is 24.3 Å². The molecule has 4 nitrogen and oxygen atoms in total. The Kier molecular flexibility index (Phi) is 3.14. The maximum atomic E-state index is 11.8. The average molecular weight is 229 g/mol. The summed E-state index contributed by atoms with van der Waals surface area (Å²) in [6.07, 6.45) is 1.95. The predicted molar refractivity (Wildman–Crippen MR) is 67.4 cm³/mol. The van der Waals surface area contributed by atoms with Crippen LogP contribution in [0.3, 0.4) is 0 Å². The molecule has 0 aliphatic rings. The van der Waals surface area contributed by atoms with Crippen molar-refractivity contribution < 1.29 is 4.79 Å². The van der Waals surface area contributed by atoms with Gasteiger partial charge in [-0.3, -0.25) is 4.79 Å². The molecule has 0 atom stereocenters. The van der Waals surface area contributed by atoms with Crippen molar-refractivity contribution >= 4 is 11.6 Å². The molecule has 0 spiro atoms. The van der Waals surface area contributed by atoms with Crippen molar-refractivity contribution in [2.45, 2.75) is 6.54 Å². The van der Waals surface area contributed by atoms with Crippen LogP contribution in [0, 0.1) is 0 Å². The molecule has 17 heavy (non-hydrogen) atoms. The highest BCUT2D eigenvalue weighted by Crippen LogP contribution is 2.06. The van der Waals surface area contributed by atoms with Crippen LogP contribution >= 0.6 is 0 Å². The largest absolute Gasteiger partial charge is 0.399 e. The Bertz CT molecular complexity index is 514. The van der Waals surface area contributed by atoms with Crippen LogP contribution in [0.1, 0.15) is 16.1 Å². The molecule has 88 valence electrons. The van der Waals surface area contributed by atoms with Gasteiger partial charge in [-0.25, -0.2) is 0 Å². The third kappa shape index (κ3) is 2.66. The molecular weight excluding hydrogens is 214 g/mol. The van der Waals surface area contributed by atoms with Gasteiger partial charge in [0.15, 0.2) is 0 Å². The summed E-state index contributed by atoms with van der Waals surface area (Å²) in [5.74, 6) is -0.0915. The monoisotopic (exact) mass is 229 g/mol. The molecule has 1 heterocycles. The van der Waals surface area contributed by atoms with E-state index in [0.29, 0.717) is 17.8 Å². The zero-order chi connectivity index (χ0) is 12.3. The lowest BCUT2D eigenvalue weighted by atomic mass is 10.2. The topological polar surface area (TPSA) is 60.0 Å². The number of nitrogens with one attached hydrogen (secondary N) is 1. The van der Waals surface area contributed by atoms with Crippen LogP contribution in [-0.4, -0.2) is 10.5 Å². The van der Waals surface area contributed by atoms with E-state index in [0.717, 1.165) is 5.69 Å². The summed E-state index contributed by atoms with van der Waals surface area (Å²) in [6, 6.07) is 10.8. The number of nitrogens with zero attached hydrogens (tertiary/aromatic N) is 1. The SMILES string of the molecule is Cn1cccc1CNC(=O)c1ccc(N)cc1. The molecule has 0 bridgehead atoms. The van der Waals surface area contributed by atoms with Gasteiger partial charge in [0.2, 0.25) is 0 Å². The standard InChI is InChI=1S/C13H15N3O/c1-16-8-2-3-12(16)9-15-13(17)10-4-6-11(14)7-5-10/h2-8H,9,14H2,1H3,(H,15,17). The Morgan fingerprint density at radius 1 is 1.29 bits per heavy atom. The van der Waals surface area contributed by atoms with Crippen molar-refractivity contribution in [1.29, 1.82) is 0 Å². The number of amides is 1. The molecule has 0 saturated carbocycles. The lowest BCUT2D eigenvalue weighted by Gasteiger charge is -2.06. The molecule has 0 aliphatic carbocycles. The summed E-state index contributed by atoms with van der Waals surface area (Å²) in [7, 11) is 1.95. The van der Waals surface area contributed by atoms with Crippen molar-refractivity contribution in [3.05, 3.63) is 53.9 Å². The second-order valence-corrected chi connectivity index (χ2v) is 3.92. The average Bonchev–Trinajstić information content (AvgIpc) is 2.73. The highest BCUT2D eigenvalue weighted by Gasteiger charge is 2.05. The van der Waals surface area contributed by atoms with E-state index in [1.807, 2.05) is 29.9 Å². The first-order chi connectivity index (χ1) is 8.16. The van der Waals surface area contributed by atoms with E-state index < -0.39 is 0 Å². The van der Waals surface area contributed by atoms with Gasteiger partial charge in [0.1, 0.15) is 0 Å². The summed E-state index contributed by atoms with van der Waals surface area (Å²) in [6.45, 7) is 0.521. The number of aromatic nitrogens is 1. The van der Waals surface area contributed by atoms with Gasteiger partial charge in [-0.2, -0.15) is 0 Å². The Morgan fingerprint density at radius 3 is 2.59 bits per heavy atom. The van der Waals surface area contributed by atoms with Gasteiger partial charge in [-0.15, -0.1) is 0 Å². The quantitative estimate of drug-likeness (QED) is 0.784. The lowest BCUT2D eigenvalue weighted by molar-refractivity contribution is 0.0950. The molecule has 1 aromatic heterocycles. The molecule has 2 rings (SSSR count). The van der Waals surface area contributed by atoms with Gasteiger partial charge in [-0.1, -0.05) is 0 Å². The third-order valence-corrected chi connectivity index (χ3v) is 2.65.